The molecule has 2 unspecified atom stereocenters. The van der Waals surface area contributed by atoms with Crippen molar-refractivity contribution >= 4 is 34.4 Å². The van der Waals surface area contributed by atoms with Crippen LogP contribution in [0.4, 0.5) is 5.69 Å². The number of nitrogens with one attached hydrogen (secondary N) is 2. The predicted octanol–water partition coefficient (Wildman–Crippen LogP) is 5.54. The molecule has 2 bridgehead atoms. The minimum Gasteiger partial charge on any atom is -0.496 e. The number of benzene rings is 2. The van der Waals surface area contributed by atoms with Gasteiger partial charge in [-0.3, -0.25) is 24.2 Å². The second-order valence-corrected chi connectivity index (χ2v) is 18.7. The van der Waals surface area contributed by atoms with E-state index in [2.05, 4.69) is 87.4 Å². The standard InChI is InChI=1S/C49H63N5O7/c1-8-14-40(56)50-29-49(58)43-47(19-22-54-20-13-18-46(10-3,42(47)54)44(49)61-30(4)55)35-24-36(39(59-6)25-38(35)52(43)5)48(45(57)60-7)26-32-23-31(9-2)27-53(28-32)21-17-34-33-15-11-12-16-37(33)51-41(34)48/h11-13,15-16,18,23-25,32,42-44,51,58H,8-10,14,17,19-22,26-29H2,1-7H3,(H,50,56)/t32-,42-,43+,44+,46+,47+,48-,49?/m0/s1. The van der Waals surface area contributed by atoms with E-state index in [9.17, 15) is 14.7 Å². The van der Waals surface area contributed by atoms with Crippen LogP contribution in [-0.4, -0.2) is 122 Å². The lowest BCUT2D eigenvalue weighted by Crippen LogP contribution is -2.81. The van der Waals surface area contributed by atoms with Gasteiger partial charge in [-0.1, -0.05) is 62.8 Å². The summed E-state index contributed by atoms with van der Waals surface area (Å²) in [5, 5.41) is 17.9. The Morgan fingerprint density at radius 3 is 2.57 bits per heavy atom. The van der Waals surface area contributed by atoms with E-state index >= 15 is 4.79 Å². The van der Waals surface area contributed by atoms with E-state index in [0.29, 0.717) is 37.9 Å². The third-order valence-corrected chi connectivity index (χ3v) is 15.7. The molecule has 0 radical (unpaired) electrons. The molecule has 12 heteroatoms. The lowest BCUT2D eigenvalue weighted by molar-refractivity contribution is -0.217. The number of fused-ring (bicyclic) bond motifs is 6. The van der Waals surface area contributed by atoms with Crippen LogP contribution in [0.1, 0.15) is 88.6 Å². The third-order valence-electron chi connectivity index (χ3n) is 15.7. The van der Waals surface area contributed by atoms with Gasteiger partial charge in [0.05, 0.1) is 26.8 Å². The molecule has 2 fully saturated rings. The van der Waals surface area contributed by atoms with Gasteiger partial charge in [-0.25, -0.2) is 0 Å². The van der Waals surface area contributed by atoms with Crippen molar-refractivity contribution in [2.24, 2.45) is 11.3 Å². The molecular weight excluding hydrogens is 771 g/mol. The summed E-state index contributed by atoms with van der Waals surface area (Å²) in [7, 11) is 5.15. The minimum atomic E-state index is -1.73. The molecule has 1 aliphatic carbocycles. The van der Waals surface area contributed by atoms with E-state index in [1.165, 1.54) is 19.6 Å². The van der Waals surface area contributed by atoms with Gasteiger partial charge < -0.3 is 34.5 Å². The van der Waals surface area contributed by atoms with E-state index in [-0.39, 0.29) is 30.4 Å². The SMILES string of the molecule is CCCC(=O)NCC1(O)[C@H](OC(C)=O)[C@]2(CC)C=CCN3CC[C@@]4(c5cc([C@@]6(C(=O)OC)C[C@@H]7C=C(CC)CN(CCc8c6[nH]c6ccccc86)C7)c(OC)cc5N(C)[C@@H]14)[C@@H]32. The Morgan fingerprint density at radius 2 is 1.85 bits per heavy atom. The number of anilines is 1. The van der Waals surface area contributed by atoms with Crippen molar-refractivity contribution < 1.29 is 33.7 Å². The van der Waals surface area contributed by atoms with Crippen molar-refractivity contribution in [1.82, 2.24) is 20.1 Å². The van der Waals surface area contributed by atoms with Gasteiger partial charge in [0.25, 0.3) is 0 Å². The van der Waals surface area contributed by atoms with Gasteiger partial charge in [-0.2, -0.15) is 0 Å². The average molecular weight is 834 g/mol. The lowest BCUT2D eigenvalue weighted by atomic mass is 9.47. The summed E-state index contributed by atoms with van der Waals surface area (Å²) in [6.45, 7) is 11.6. The first-order valence-electron chi connectivity index (χ1n) is 22.5. The largest absolute Gasteiger partial charge is 0.496 e. The number of carbonyl (C=O) groups is 3. The highest BCUT2D eigenvalue weighted by Crippen LogP contribution is 2.68. The summed E-state index contributed by atoms with van der Waals surface area (Å²) in [6.07, 6.45) is 10.2. The Hall–Kier alpha value is -4.65. The number of likely N-dealkylation sites (N-methyl/N-ethyl adjacent to an activating group) is 1. The maximum atomic E-state index is 15.4. The fourth-order valence-corrected chi connectivity index (χ4v) is 13.6. The van der Waals surface area contributed by atoms with Gasteiger partial charge in [0.15, 0.2) is 0 Å². The number of hydrogen-bond acceptors (Lipinski definition) is 10. The van der Waals surface area contributed by atoms with Crippen molar-refractivity contribution in [2.45, 2.75) is 107 Å². The number of H-pyrrole nitrogens is 1. The number of aromatic amines is 1. The summed E-state index contributed by atoms with van der Waals surface area (Å²) >= 11 is 0. The zero-order valence-corrected chi connectivity index (χ0v) is 36.9. The normalized spacial score (nSPS) is 33.6. The van der Waals surface area contributed by atoms with Gasteiger partial charge >= 0.3 is 11.9 Å². The molecule has 5 aliphatic heterocycles. The average Bonchev–Trinajstić information content (AvgIpc) is 3.92. The zero-order chi connectivity index (χ0) is 43.1. The van der Waals surface area contributed by atoms with Crippen LogP contribution in [0.25, 0.3) is 10.9 Å². The Labute approximate surface area is 359 Å². The highest BCUT2D eigenvalue weighted by molar-refractivity contribution is 5.94. The molecule has 1 saturated heterocycles. The number of amides is 1. The number of nitrogens with zero attached hydrogens (tertiary/aromatic N) is 3. The molecule has 6 aliphatic rings. The molecule has 9 rings (SSSR count). The van der Waals surface area contributed by atoms with E-state index < -0.39 is 40.0 Å². The van der Waals surface area contributed by atoms with Gasteiger partial charge in [0, 0.05) is 97.4 Å². The van der Waals surface area contributed by atoms with Crippen LogP contribution >= 0.6 is 0 Å². The maximum absolute atomic E-state index is 15.4. The predicted molar refractivity (Wildman–Crippen MR) is 235 cm³/mol. The molecule has 1 saturated carbocycles. The lowest BCUT2D eigenvalue weighted by Gasteiger charge is -2.64. The van der Waals surface area contributed by atoms with E-state index in [1.807, 2.05) is 20.0 Å². The summed E-state index contributed by atoms with van der Waals surface area (Å²) in [4.78, 5) is 52.9. The van der Waals surface area contributed by atoms with Crippen LogP contribution < -0.4 is 15.0 Å². The number of methoxy groups -OCH3 is 2. The van der Waals surface area contributed by atoms with Crippen molar-refractivity contribution in [1.29, 1.82) is 0 Å². The number of ether oxygens (including phenoxy) is 3. The molecule has 2 aromatic carbocycles. The summed E-state index contributed by atoms with van der Waals surface area (Å²) in [5.74, 6) is -0.399. The Bertz CT molecular complexity index is 2320. The van der Waals surface area contributed by atoms with Crippen molar-refractivity contribution in [3.63, 3.8) is 0 Å². The van der Waals surface area contributed by atoms with Crippen LogP contribution in [0.5, 0.6) is 5.75 Å². The van der Waals surface area contributed by atoms with Crippen molar-refractivity contribution in [3.05, 3.63) is 82.6 Å². The van der Waals surface area contributed by atoms with Crippen molar-refractivity contribution in [3.8, 4) is 5.75 Å². The summed E-state index contributed by atoms with van der Waals surface area (Å²) in [5.41, 5.74) is 2.36. The van der Waals surface area contributed by atoms with E-state index in [4.69, 9.17) is 14.2 Å². The van der Waals surface area contributed by atoms with Gasteiger partial charge in [-0.15, -0.1) is 0 Å². The number of aliphatic hydroxyl groups is 1. The topological polar surface area (TPSA) is 137 Å². The second-order valence-electron chi connectivity index (χ2n) is 18.7. The molecule has 1 spiro atoms. The quantitative estimate of drug-likeness (QED) is 0.177. The Morgan fingerprint density at radius 1 is 1.05 bits per heavy atom. The van der Waals surface area contributed by atoms with E-state index in [1.54, 1.807) is 7.11 Å². The molecule has 6 heterocycles. The first kappa shape index (κ1) is 41.7. The summed E-state index contributed by atoms with van der Waals surface area (Å²) in [6, 6.07) is 11.8. The Balaban J connectivity index is 1.34. The minimum absolute atomic E-state index is 0.0425. The molecule has 1 amide bonds. The Kier molecular flexibility index (Phi) is 10.5. The van der Waals surface area contributed by atoms with Gasteiger partial charge in [0.1, 0.15) is 22.9 Å². The van der Waals surface area contributed by atoms with Crippen LogP contribution in [0, 0.1) is 11.3 Å². The number of hydrogen-bond donors (Lipinski definition) is 3. The molecule has 61 heavy (non-hydrogen) atoms. The molecule has 9 atom stereocenters. The number of esters is 2. The van der Waals surface area contributed by atoms with Gasteiger partial charge in [-0.05, 0) is 74.2 Å². The second kappa shape index (κ2) is 15.3. The van der Waals surface area contributed by atoms with E-state index in [0.717, 1.165) is 84.5 Å². The van der Waals surface area contributed by atoms with Gasteiger partial charge in [0.2, 0.25) is 5.91 Å². The fourth-order valence-electron chi connectivity index (χ4n) is 13.6. The first-order valence-corrected chi connectivity index (χ1v) is 22.5. The molecule has 3 N–H and O–H groups in total. The zero-order valence-electron chi connectivity index (χ0n) is 36.9. The molecule has 1 aromatic heterocycles. The van der Waals surface area contributed by atoms with Crippen LogP contribution in [0.3, 0.4) is 0 Å². The summed E-state index contributed by atoms with van der Waals surface area (Å²) < 4.78 is 18.8. The van der Waals surface area contributed by atoms with Crippen LogP contribution in [0.2, 0.25) is 0 Å². The number of carbonyl (C=O) groups excluding carboxylic acids is 3. The number of para-hydroxylation sites is 1. The number of rotatable bonds is 10. The molecule has 326 valence electrons. The fraction of sp³-hybridized carbons (Fsp3) is 0.571. The third kappa shape index (κ3) is 5.90. The molecule has 3 aromatic rings. The molecular formula is C49H63N5O7. The maximum Gasteiger partial charge on any atom is 0.322 e. The smallest absolute Gasteiger partial charge is 0.322 e. The first-order chi connectivity index (χ1) is 29.4. The monoisotopic (exact) mass is 833 g/mol. The highest BCUT2D eigenvalue weighted by Gasteiger charge is 2.78. The number of aromatic nitrogens is 1. The molecule has 12 nitrogen and oxygen atoms in total. The highest BCUT2D eigenvalue weighted by atomic mass is 16.6. The van der Waals surface area contributed by atoms with Crippen LogP contribution in [-0.2, 0) is 41.1 Å². The van der Waals surface area contributed by atoms with Crippen LogP contribution in [0.15, 0.2) is 60.2 Å². The van der Waals surface area contributed by atoms with Crippen molar-refractivity contribution in [2.75, 3.05) is 65.4 Å².